The minimum absolute atomic E-state index is 0.224. The molecule has 11 heteroatoms. The highest BCUT2D eigenvalue weighted by Crippen LogP contribution is 2.34. The van der Waals surface area contributed by atoms with Crippen molar-refractivity contribution in [2.45, 2.75) is 57.9 Å². The van der Waals surface area contributed by atoms with Crippen molar-refractivity contribution in [3.05, 3.63) is 120 Å². The number of rotatable bonds is 10. The number of carbonyl (C=O) groups is 1. The topological polar surface area (TPSA) is 90.7 Å². The maximum absolute atomic E-state index is 14.3. The predicted octanol–water partition coefficient (Wildman–Crippen LogP) is 9.14. The Morgan fingerprint density at radius 1 is 0.852 bits per heavy atom. The van der Waals surface area contributed by atoms with Crippen LogP contribution >= 0.6 is 0 Å². The number of anilines is 4. The molecule has 0 spiro atoms. The minimum atomic E-state index is -0.851. The van der Waals surface area contributed by atoms with Crippen LogP contribution in [0.25, 0.3) is 28.3 Å². The van der Waals surface area contributed by atoms with Crippen molar-refractivity contribution in [3.8, 4) is 22.6 Å². The van der Waals surface area contributed by atoms with Gasteiger partial charge in [-0.05, 0) is 111 Å². The van der Waals surface area contributed by atoms with Crippen molar-refractivity contribution in [3.63, 3.8) is 0 Å². The number of nitrogens with one attached hydrogen (secondary N) is 2. The molecule has 2 N–H and O–H groups in total. The first-order valence-corrected chi connectivity index (χ1v) is 19.0. The number of amides is 1. The zero-order valence-corrected chi connectivity index (χ0v) is 30.4. The van der Waals surface area contributed by atoms with E-state index in [1.54, 1.807) is 24.4 Å². The number of para-hydroxylation sites is 1. The van der Waals surface area contributed by atoms with Crippen LogP contribution in [-0.2, 0) is 6.42 Å². The molecule has 9 nitrogen and oxygen atoms in total. The van der Waals surface area contributed by atoms with E-state index in [9.17, 15) is 13.6 Å². The van der Waals surface area contributed by atoms with E-state index in [1.807, 2.05) is 40.9 Å². The Morgan fingerprint density at radius 3 is 2.44 bits per heavy atom. The van der Waals surface area contributed by atoms with Crippen LogP contribution in [-0.4, -0.2) is 62.4 Å². The van der Waals surface area contributed by atoms with Gasteiger partial charge in [0.25, 0.3) is 5.91 Å². The van der Waals surface area contributed by atoms with Gasteiger partial charge in [0.2, 0.25) is 5.95 Å². The summed E-state index contributed by atoms with van der Waals surface area (Å²) >= 11 is 0. The number of nitrogens with zero attached hydrogens (tertiary/aromatic N) is 6. The Morgan fingerprint density at radius 2 is 1.65 bits per heavy atom. The molecule has 0 atom stereocenters. The molecule has 5 heterocycles. The summed E-state index contributed by atoms with van der Waals surface area (Å²) in [7, 11) is 0. The van der Waals surface area contributed by atoms with Crippen molar-refractivity contribution in [2.24, 2.45) is 0 Å². The van der Waals surface area contributed by atoms with Crippen molar-refractivity contribution >= 4 is 34.6 Å². The lowest BCUT2D eigenvalue weighted by molar-refractivity contribution is 0.102. The summed E-state index contributed by atoms with van der Waals surface area (Å²) in [5.74, 6) is -1.89. The fourth-order valence-electron chi connectivity index (χ4n) is 7.87. The molecule has 0 radical (unpaired) electrons. The van der Waals surface area contributed by atoms with Crippen molar-refractivity contribution in [1.29, 1.82) is 0 Å². The van der Waals surface area contributed by atoms with Gasteiger partial charge in [0.1, 0.15) is 23.0 Å². The summed E-state index contributed by atoms with van der Waals surface area (Å²) in [5.41, 5.74) is 6.48. The van der Waals surface area contributed by atoms with Gasteiger partial charge in [-0.2, -0.15) is 0 Å². The number of hydrogen-bond donors (Lipinski definition) is 2. The van der Waals surface area contributed by atoms with Gasteiger partial charge in [-0.1, -0.05) is 44.0 Å². The molecule has 8 rings (SSSR count). The van der Waals surface area contributed by atoms with Gasteiger partial charge < -0.3 is 20.4 Å². The molecule has 0 saturated carbocycles. The lowest BCUT2D eigenvalue weighted by Gasteiger charge is -2.41. The summed E-state index contributed by atoms with van der Waals surface area (Å²) in [5, 5.41) is 5.89. The molecule has 6 aromatic rings. The normalized spacial score (nSPS) is 15.4. The molecule has 0 aliphatic carbocycles. The van der Waals surface area contributed by atoms with Gasteiger partial charge in [0, 0.05) is 54.0 Å². The third-order valence-electron chi connectivity index (χ3n) is 10.6. The van der Waals surface area contributed by atoms with Gasteiger partial charge in [0.15, 0.2) is 0 Å². The first kappa shape index (κ1) is 35.4. The molecule has 0 bridgehead atoms. The van der Waals surface area contributed by atoms with E-state index < -0.39 is 23.2 Å². The highest BCUT2D eigenvalue weighted by molar-refractivity contribution is 6.05. The number of hydrogen-bond acceptors (Lipinski definition) is 7. The molecule has 3 aromatic carbocycles. The fraction of sp³-hybridized carbons (Fsp3) is 0.302. The van der Waals surface area contributed by atoms with Crippen LogP contribution in [0.15, 0.2) is 97.3 Å². The Labute approximate surface area is 314 Å². The molecule has 0 unspecified atom stereocenters. The Kier molecular flexibility index (Phi) is 10.3. The van der Waals surface area contributed by atoms with Gasteiger partial charge >= 0.3 is 0 Å². The Hall–Kier alpha value is -5.68. The van der Waals surface area contributed by atoms with E-state index in [0.717, 1.165) is 43.8 Å². The number of piperidine rings is 2. The quantitative estimate of drug-likeness (QED) is 0.146. The number of benzene rings is 3. The van der Waals surface area contributed by atoms with Crippen LogP contribution < -0.4 is 15.5 Å². The molecule has 276 valence electrons. The molecule has 54 heavy (non-hydrogen) atoms. The zero-order valence-electron chi connectivity index (χ0n) is 30.4. The van der Waals surface area contributed by atoms with E-state index in [4.69, 9.17) is 9.97 Å². The van der Waals surface area contributed by atoms with Crippen LogP contribution in [0.1, 0.15) is 61.4 Å². The third-order valence-corrected chi connectivity index (χ3v) is 10.6. The summed E-state index contributed by atoms with van der Waals surface area (Å²) in [6.45, 7) is 6.84. The maximum Gasteiger partial charge on any atom is 0.255 e. The average Bonchev–Trinajstić information content (AvgIpc) is 3.61. The molecule has 2 saturated heterocycles. The summed E-state index contributed by atoms with van der Waals surface area (Å²) in [6, 6.07) is 25.2. The SMILES string of the molecule is CCCc1cc(N2CCC(N3CCCCC3)CC2)ccc1Nc1nccc(-c2c(-c3cccc(C(=O)Nc4c(F)cccc4F)c3)nc3ccccn23)n1. The second-order valence-corrected chi connectivity index (χ2v) is 14.2. The first-order valence-electron chi connectivity index (χ1n) is 19.0. The zero-order chi connectivity index (χ0) is 37.0. The standard InChI is InChI=1S/C43H44F2N8O/c1-2-10-29-28-33(52-25-19-32(20-26-52)51-22-5-3-6-23-51)16-17-36(29)47-43-46-21-18-37(48-43)41-39(49-38-15-4-7-24-53(38)41)30-11-8-12-31(27-30)42(54)50-40-34(44)13-9-14-35(40)45/h4,7-9,11-18,21,24,27-28,32H,2-3,5-6,10,19-20,22-23,25-26H2,1H3,(H,50,54)(H,46,47,48). The molecule has 2 aliphatic heterocycles. The lowest BCUT2D eigenvalue weighted by Crippen LogP contribution is -2.46. The number of imidazole rings is 1. The van der Waals surface area contributed by atoms with E-state index in [-0.39, 0.29) is 5.56 Å². The van der Waals surface area contributed by atoms with Crippen LogP contribution in [0.2, 0.25) is 0 Å². The summed E-state index contributed by atoms with van der Waals surface area (Å²) in [6.07, 6.45) is 12.0. The summed E-state index contributed by atoms with van der Waals surface area (Å²) < 4.78 is 30.6. The molecule has 3 aromatic heterocycles. The molecule has 2 aliphatic rings. The average molecular weight is 727 g/mol. The number of pyridine rings is 1. The fourth-order valence-corrected chi connectivity index (χ4v) is 7.87. The first-order chi connectivity index (χ1) is 26.4. The molecule has 1 amide bonds. The van der Waals surface area contributed by atoms with E-state index in [1.165, 1.54) is 62.5 Å². The van der Waals surface area contributed by atoms with Gasteiger partial charge in [0.05, 0.1) is 17.1 Å². The van der Waals surface area contributed by atoms with Crippen molar-refractivity contribution < 1.29 is 13.6 Å². The minimum Gasteiger partial charge on any atom is -0.371 e. The van der Waals surface area contributed by atoms with Crippen molar-refractivity contribution in [2.75, 3.05) is 41.7 Å². The monoisotopic (exact) mass is 726 g/mol. The number of carbonyl (C=O) groups excluding carboxylic acids is 1. The second kappa shape index (κ2) is 15.7. The van der Waals surface area contributed by atoms with Crippen LogP contribution in [0, 0.1) is 11.6 Å². The number of aromatic nitrogens is 4. The van der Waals surface area contributed by atoms with Gasteiger partial charge in [-0.3, -0.25) is 9.20 Å². The Bertz CT molecular complexity index is 2260. The number of fused-ring (bicyclic) bond motifs is 1. The maximum atomic E-state index is 14.3. The summed E-state index contributed by atoms with van der Waals surface area (Å²) in [4.78, 5) is 33.0. The van der Waals surface area contributed by atoms with E-state index >= 15 is 0 Å². The van der Waals surface area contributed by atoms with E-state index in [0.29, 0.717) is 40.3 Å². The Balaban J connectivity index is 1.06. The number of halogens is 2. The molecular formula is C43H44F2N8O. The van der Waals surface area contributed by atoms with Crippen molar-refractivity contribution in [1.82, 2.24) is 24.3 Å². The number of aryl methyl sites for hydroxylation is 1. The molecular weight excluding hydrogens is 683 g/mol. The lowest BCUT2D eigenvalue weighted by atomic mass is 9.99. The molecule has 2 fully saturated rings. The van der Waals surface area contributed by atoms with Gasteiger partial charge in [-0.25, -0.2) is 23.7 Å². The van der Waals surface area contributed by atoms with Crippen LogP contribution in [0.5, 0.6) is 0 Å². The highest BCUT2D eigenvalue weighted by atomic mass is 19.1. The predicted molar refractivity (Wildman–Crippen MR) is 210 cm³/mol. The van der Waals surface area contributed by atoms with Crippen LogP contribution in [0.4, 0.5) is 31.8 Å². The highest BCUT2D eigenvalue weighted by Gasteiger charge is 2.26. The smallest absolute Gasteiger partial charge is 0.255 e. The largest absolute Gasteiger partial charge is 0.371 e. The van der Waals surface area contributed by atoms with Gasteiger partial charge in [-0.15, -0.1) is 0 Å². The van der Waals surface area contributed by atoms with Crippen LogP contribution in [0.3, 0.4) is 0 Å². The third kappa shape index (κ3) is 7.41. The van der Waals surface area contributed by atoms with E-state index in [2.05, 4.69) is 50.5 Å². The second-order valence-electron chi connectivity index (χ2n) is 14.2. The number of likely N-dealkylation sites (tertiary alicyclic amines) is 1.